The molecule has 0 spiro atoms. The van der Waals surface area contributed by atoms with Crippen LogP contribution in [-0.2, 0) is 11.3 Å². The van der Waals surface area contributed by atoms with Crippen molar-refractivity contribution < 1.29 is 9.53 Å². The number of carbonyl (C=O) groups is 1. The number of benzene rings is 2. The Labute approximate surface area is 255 Å². The molecule has 1 amide bonds. The first-order chi connectivity index (χ1) is 20.4. The zero-order valence-corrected chi connectivity index (χ0v) is 25.5. The van der Waals surface area contributed by atoms with Crippen LogP contribution in [0, 0.1) is 5.92 Å². The summed E-state index contributed by atoms with van der Waals surface area (Å²) in [5.41, 5.74) is 10.3. The molecule has 9 nitrogen and oxygen atoms in total. The molecule has 0 aliphatic heterocycles. The number of hydrogen-bond donors (Lipinski definition) is 3. The van der Waals surface area contributed by atoms with Gasteiger partial charge in [-0.25, -0.2) is 15.0 Å². The normalized spacial score (nSPS) is 13.7. The molecule has 2 heterocycles. The predicted octanol–water partition coefficient (Wildman–Crippen LogP) is 6.38. The number of halogens is 1. The topological polar surface area (TPSA) is 118 Å². The van der Waals surface area contributed by atoms with Crippen molar-refractivity contribution >= 4 is 45.6 Å². The highest BCUT2D eigenvalue weighted by molar-refractivity contribution is 7.19. The van der Waals surface area contributed by atoms with Crippen molar-refractivity contribution in [2.24, 2.45) is 5.92 Å². The van der Waals surface area contributed by atoms with E-state index in [0.29, 0.717) is 40.7 Å². The van der Waals surface area contributed by atoms with Gasteiger partial charge in [-0.3, -0.25) is 4.79 Å². The van der Waals surface area contributed by atoms with Crippen molar-refractivity contribution in [1.82, 2.24) is 25.2 Å². The van der Waals surface area contributed by atoms with Gasteiger partial charge in [0, 0.05) is 36.5 Å². The third kappa shape index (κ3) is 7.76. The van der Waals surface area contributed by atoms with Gasteiger partial charge in [0.25, 0.3) is 0 Å². The van der Waals surface area contributed by atoms with Crippen molar-refractivity contribution in [2.45, 2.75) is 38.6 Å². The highest BCUT2D eigenvalue weighted by Crippen LogP contribution is 2.38. The number of amides is 1. The molecule has 220 valence electrons. The number of nitrogens with two attached hydrogens (primary N) is 1. The molecular weight excluding hydrogens is 570 g/mol. The Morgan fingerprint density at radius 1 is 1.12 bits per heavy atom. The molecule has 1 fully saturated rings. The molecule has 1 saturated carbocycles. The minimum Gasteiger partial charge on any atom is -0.491 e. The summed E-state index contributed by atoms with van der Waals surface area (Å²) in [7, 11) is 3.99. The summed E-state index contributed by atoms with van der Waals surface area (Å²) in [6, 6.07) is 15.4. The molecule has 1 aliphatic carbocycles. The van der Waals surface area contributed by atoms with E-state index in [-0.39, 0.29) is 11.8 Å². The fourth-order valence-corrected chi connectivity index (χ4v) is 6.00. The number of rotatable bonds is 11. The van der Waals surface area contributed by atoms with Crippen LogP contribution in [0.1, 0.15) is 37.7 Å². The summed E-state index contributed by atoms with van der Waals surface area (Å²) in [4.78, 5) is 29.3. The number of ether oxygens (including phenoxy) is 1. The number of hydrogen-bond acceptors (Lipinski definition) is 9. The number of nitrogens with zero attached hydrogens (tertiary/aromatic N) is 4. The van der Waals surface area contributed by atoms with E-state index < -0.39 is 0 Å². The van der Waals surface area contributed by atoms with E-state index in [9.17, 15) is 4.79 Å². The van der Waals surface area contributed by atoms with E-state index in [1.165, 1.54) is 17.8 Å². The first-order valence-electron chi connectivity index (χ1n) is 14.2. The van der Waals surface area contributed by atoms with E-state index in [1.807, 2.05) is 61.5 Å². The van der Waals surface area contributed by atoms with E-state index in [1.54, 1.807) is 12.3 Å². The number of carbonyl (C=O) groups excluding carboxylic acids is 1. The Hall–Kier alpha value is -3.73. The number of likely N-dealkylation sites (N-methyl/N-ethyl adjacent to an activating group) is 1. The van der Waals surface area contributed by atoms with Gasteiger partial charge in [0.2, 0.25) is 11.9 Å². The Bertz CT molecular complexity index is 1520. The summed E-state index contributed by atoms with van der Waals surface area (Å²) < 4.78 is 5.78. The summed E-state index contributed by atoms with van der Waals surface area (Å²) in [5, 5.41) is 7.30. The second-order valence-electron chi connectivity index (χ2n) is 10.7. The van der Waals surface area contributed by atoms with Gasteiger partial charge in [-0.05, 0) is 62.8 Å². The van der Waals surface area contributed by atoms with Crippen LogP contribution in [0.15, 0.2) is 54.7 Å². The van der Waals surface area contributed by atoms with Crippen LogP contribution < -0.4 is 21.1 Å². The molecule has 11 heteroatoms. The van der Waals surface area contributed by atoms with Gasteiger partial charge in [0.1, 0.15) is 12.4 Å². The first kappa shape index (κ1) is 29.8. The van der Waals surface area contributed by atoms with Crippen molar-refractivity contribution in [2.75, 3.05) is 38.3 Å². The highest BCUT2D eigenvalue weighted by Gasteiger charge is 2.21. The second-order valence-corrected chi connectivity index (χ2v) is 12.1. The van der Waals surface area contributed by atoms with Gasteiger partial charge in [-0.1, -0.05) is 60.4 Å². The van der Waals surface area contributed by atoms with E-state index in [0.717, 1.165) is 59.6 Å². The van der Waals surface area contributed by atoms with Crippen molar-refractivity contribution in [3.63, 3.8) is 0 Å². The lowest BCUT2D eigenvalue weighted by Crippen LogP contribution is -2.31. The van der Waals surface area contributed by atoms with Crippen LogP contribution in [0.5, 0.6) is 5.75 Å². The second kappa shape index (κ2) is 14.0. The van der Waals surface area contributed by atoms with Crippen LogP contribution in [0.4, 0.5) is 16.8 Å². The minimum absolute atomic E-state index is 0.128. The number of thiazole rings is 1. The van der Waals surface area contributed by atoms with E-state index >= 15 is 0 Å². The van der Waals surface area contributed by atoms with E-state index in [4.69, 9.17) is 27.1 Å². The predicted molar refractivity (Wildman–Crippen MR) is 170 cm³/mol. The lowest BCUT2D eigenvalue weighted by molar-refractivity contribution is -0.126. The average Bonchev–Trinajstić information content (AvgIpc) is 3.39. The molecule has 42 heavy (non-hydrogen) atoms. The van der Waals surface area contributed by atoms with Gasteiger partial charge in [0.05, 0.1) is 21.3 Å². The standard InChI is InChI=1S/C31H36ClN7O2S/c1-39(2)15-16-41-26-12-11-23(18-24(26)32)36-31-34-14-13-25(37-31)28-27(38-30(33)42-28)22-10-6-7-20(17-22)19-35-29(40)21-8-4-3-5-9-21/h6-7,10-14,17-18,21H,3-5,8-9,15-16,19H2,1-2H3,(H2,33,38)(H,35,40)(H,34,36,37). The Morgan fingerprint density at radius 3 is 2.74 bits per heavy atom. The maximum Gasteiger partial charge on any atom is 0.227 e. The third-order valence-corrected chi connectivity index (χ3v) is 8.36. The lowest BCUT2D eigenvalue weighted by Gasteiger charge is -2.20. The molecule has 1 aliphatic rings. The van der Waals surface area contributed by atoms with Gasteiger partial charge in [-0.15, -0.1) is 0 Å². The molecule has 2 aromatic heterocycles. The summed E-state index contributed by atoms with van der Waals surface area (Å²) in [5.74, 6) is 1.32. The largest absolute Gasteiger partial charge is 0.491 e. The number of nitrogens with one attached hydrogen (secondary N) is 2. The average molecular weight is 606 g/mol. The maximum absolute atomic E-state index is 12.7. The van der Waals surface area contributed by atoms with Crippen molar-refractivity contribution in [3.05, 3.63) is 65.3 Å². The lowest BCUT2D eigenvalue weighted by atomic mass is 9.88. The third-order valence-electron chi connectivity index (χ3n) is 7.16. The number of nitrogen functional groups attached to an aromatic ring is 1. The SMILES string of the molecule is CN(C)CCOc1ccc(Nc2nccc(-c3sc(N)nc3-c3cccc(CNC(=O)C4CCCCC4)c3)n2)cc1Cl. The van der Waals surface area contributed by atoms with Gasteiger partial charge in [-0.2, -0.15) is 0 Å². The van der Waals surface area contributed by atoms with Crippen molar-refractivity contribution in [1.29, 1.82) is 0 Å². The van der Waals surface area contributed by atoms with Crippen LogP contribution in [0.25, 0.3) is 21.8 Å². The molecule has 0 unspecified atom stereocenters. The zero-order valence-electron chi connectivity index (χ0n) is 23.9. The van der Waals surface area contributed by atoms with Crippen LogP contribution >= 0.6 is 22.9 Å². The van der Waals surface area contributed by atoms with Crippen LogP contribution in [-0.4, -0.2) is 53.0 Å². The minimum atomic E-state index is 0.128. The monoisotopic (exact) mass is 605 g/mol. The van der Waals surface area contributed by atoms with Gasteiger partial charge in [0.15, 0.2) is 5.13 Å². The zero-order chi connectivity index (χ0) is 29.5. The van der Waals surface area contributed by atoms with Crippen molar-refractivity contribution in [3.8, 4) is 27.6 Å². The molecule has 0 radical (unpaired) electrons. The summed E-state index contributed by atoms with van der Waals surface area (Å²) in [6.45, 7) is 1.81. The highest BCUT2D eigenvalue weighted by atomic mass is 35.5. The Morgan fingerprint density at radius 2 is 1.95 bits per heavy atom. The number of anilines is 3. The molecule has 4 N–H and O–H groups in total. The molecule has 4 aromatic rings. The Kier molecular flexibility index (Phi) is 9.89. The molecule has 5 rings (SSSR count). The molecular formula is C31H36ClN7O2S. The Balaban J connectivity index is 1.30. The molecule has 0 bridgehead atoms. The summed E-state index contributed by atoms with van der Waals surface area (Å²) in [6.07, 6.45) is 7.15. The van der Waals surface area contributed by atoms with Crippen LogP contribution in [0.3, 0.4) is 0 Å². The number of aromatic nitrogens is 3. The summed E-state index contributed by atoms with van der Waals surface area (Å²) >= 11 is 7.83. The van der Waals surface area contributed by atoms with E-state index in [2.05, 4.69) is 20.6 Å². The molecule has 2 aromatic carbocycles. The maximum atomic E-state index is 12.7. The molecule has 0 atom stereocenters. The fourth-order valence-electron chi connectivity index (χ4n) is 4.94. The van der Waals surface area contributed by atoms with Crippen LogP contribution in [0.2, 0.25) is 5.02 Å². The molecule has 0 saturated heterocycles. The fraction of sp³-hybridized carbons (Fsp3) is 0.355. The smallest absolute Gasteiger partial charge is 0.227 e. The van der Waals surface area contributed by atoms with Gasteiger partial charge < -0.3 is 26.0 Å². The van der Waals surface area contributed by atoms with Gasteiger partial charge >= 0.3 is 0 Å². The quantitative estimate of drug-likeness (QED) is 0.180. The first-order valence-corrected chi connectivity index (χ1v) is 15.4.